The number of nitrogens with two attached hydrogens (primary N) is 1. The van der Waals surface area contributed by atoms with Crippen LogP contribution in [0.25, 0.3) is 0 Å². The van der Waals surface area contributed by atoms with Crippen molar-refractivity contribution in [2.45, 2.75) is 78.6 Å². The Balaban J connectivity index is 5.55. The van der Waals surface area contributed by atoms with Gasteiger partial charge in [-0.05, 0) is 17.8 Å². The van der Waals surface area contributed by atoms with Crippen LogP contribution in [0.2, 0.25) is 0 Å². The van der Waals surface area contributed by atoms with Crippen LogP contribution in [-0.2, 0) is 19.2 Å². The molecule has 6 atom stereocenters. The average molecular weight is 431 g/mol. The molecule has 0 aromatic rings. The van der Waals surface area contributed by atoms with Gasteiger partial charge in [0.15, 0.2) is 0 Å². The average Bonchev–Trinajstić information content (AvgIpc) is 2.71. The fourth-order valence-corrected chi connectivity index (χ4v) is 2.65. The Kier molecular flexibility index (Phi) is 12.2. The van der Waals surface area contributed by atoms with Gasteiger partial charge in [0, 0.05) is 0 Å². The summed E-state index contributed by atoms with van der Waals surface area (Å²) in [6.07, 6.45) is 1.13. The lowest BCUT2D eigenvalue weighted by molar-refractivity contribution is -0.143. The van der Waals surface area contributed by atoms with E-state index in [2.05, 4.69) is 16.0 Å². The molecule has 0 bridgehead atoms. The number of hydrogen-bond donors (Lipinski definition) is 6. The molecule has 0 spiro atoms. The number of carbonyl (C=O) groups excluding carboxylic acids is 3. The monoisotopic (exact) mass is 430 g/mol. The summed E-state index contributed by atoms with van der Waals surface area (Å²) in [5.74, 6) is -3.76. The van der Waals surface area contributed by atoms with Crippen LogP contribution >= 0.6 is 0 Å². The Bertz CT molecular complexity index is 598. The first-order chi connectivity index (χ1) is 13.9. The highest BCUT2D eigenvalue weighted by atomic mass is 16.4. The molecule has 0 aromatic carbocycles. The Labute approximate surface area is 178 Å². The molecule has 0 aromatic heterocycles. The molecule has 0 saturated heterocycles. The van der Waals surface area contributed by atoms with Crippen molar-refractivity contribution in [1.82, 2.24) is 16.0 Å². The highest BCUT2D eigenvalue weighted by Gasteiger charge is 2.34. The third kappa shape index (κ3) is 8.27. The Morgan fingerprint density at radius 3 is 1.53 bits per heavy atom. The number of nitrogens with one attached hydrogen (secondary N) is 3. The van der Waals surface area contributed by atoms with Gasteiger partial charge in [0.1, 0.15) is 18.1 Å². The summed E-state index contributed by atoms with van der Waals surface area (Å²) in [6, 6.07) is -4.19. The predicted octanol–water partition coefficient (Wildman–Crippen LogP) is -0.407. The predicted molar refractivity (Wildman–Crippen MR) is 112 cm³/mol. The molecule has 0 aliphatic rings. The highest BCUT2D eigenvalue weighted by molar-refractivity contribution is 5.94. The quantitative estimate of drug-likeness (QED) is 0.231. The van der Waals surface area contributed by atoms with Crippen molar-refractivity contribution in [3.05, 3.63) is 0 Å². The number of hydrogen-bond acceptors (Lipinski definition) is 6. The van der Waals surface area contributed by atoms with Crippen molar-refractivity contribution >= 4 is 23.7 Å². The molecule has 0 radical (unpaired) electrons. The van der Waals surface area contributed by atoms with Gasteiger partial charge in [-0.25, -0.2) is 4.79 Å². The largest absolute Gasteiger partial charge is 0.480 e. The lowest BCUT2D eigenvalue weighted by Crippen LogP contribution is -2.60. The van der Waals surface area contributed by atoms with E-state index in [9.17, 15) is 19.2 Å². The summed E-state index contributed by atoms with van der Waals surface area (Å²) >= 11 is 0. The Morgan fingerprint density at radius 1 is 0.800 bits per heavy atom. The molecule has 10 heteroatoms. The maximum absolute atomic E-state index is 13.0. The maximum atomic E-state index is 13.0. The lowest BCUT2D eigenvalue weighted by atomic mass is 9.94. The number of aliphatic carboxylic acids is 1. The van der Waals surface area contributed by atoms with E-state index < -0.39 is 54.5 Å². The zero-order valence-corrected chi connectivity index (χ0v) is 18.8. The van der Waals surface area contributed by atoms with Gasteiger partial charge in [-0.15, -0.1) is 0 Å². The van der Waals surface area contributed by atoms with Gasteiger partial charge in [-0.1, -0.05) is 54.4 Å². The van der Waals surface area contributed by atoms with Crippen LogP contribution in [0.15, 0.2) is 0 Å². The third-order valence-corrected chi connectivity index (χ3v) is 5.40. The molecule has 3 amide bonds. The number of aliphatic hydroxyl groups excluding tert-OH is 1. The van der Waals surface area contributed by atoms with Gasteiger partial charge in [0.2, 0.25) is 17.7 Å². The molecule has 174 valence electrons. The molecule has 30 heavy (non-hydrogen) atoms. The second kappa shape index (κ2) is 13.2. The van der Waals surface area contributed by atoms with E-state index in [1.54, 1.807) is 27.7 Å². The molecule has 0 fully saturated rings. The minimum Gasteiger partial charge on any atom is -0.480 e. The van der Waals surface area contributed by atoms with Gasteiger partial charge < -0.3 is 31.9 Å². The van der Waals surface area contributed by atoms with Crippen molar-refractivity contribution in [1.29, 1.82) is 0 Å². The summed E-state index contributed by atoms with van der Waals surface area (Å²) in [6.45, 7) is 10.1. The third-order valence-electron chi connectivity index (χ3n) is 5.40. The first-order valence-corrected chi connectivity index (χ1v) is 10.4. The topological polar surface area (TPSA) is 171 Å². The van der Waals surface area contributed by atoms with Crippen molar-refractivity contribution in [3.63, 3.8) is 0 Å². The molecule has 6 unspecified atom stereocenters. The number of carbonyl (C=O) groups is 4. The minimum absolute atomic E-state index is 0.115. The molecule has 0 aliphatic carbocycles. The van der Waals surface area contributed by atoms with Crippen molar-refractivity contribution < 1.29 is 29.4 Å². The molecule has 0 aliphatic heterocycles. The molecular formula is C20H38N4O6. The van der Waals surface area contributed by atoms with Crippen molar-refractivity contribution in [2.75, 3.05) is 6.61 Å². The van der Waals surface area contributed by atoms with Crippen LogP contribution in [0.4, 0.5) is 0 Å². The summed E-state index contributed by atoms with van der Waals surface area (Å²) in [7, 11) is 0. The summed E-state index contributed by atoms with van der Waals surface area (Å²) in [4.78, 5) is 49.1. The van der Waals surface area contributed by atoms with Crippen molar-refractivity contribution in [3.8, 4) is 0 Å². The van der Waals surface area contributed by atoms with E-state index in [0.29, 0.717) is 12.8 Å². The SMILES string of the molecule is CCC(C)C(NC(=O)C(N)C(C)C)C(=O)NC(C(=O)NC(CO)C(=O)O)C(C)CC. The van der Waals surface area contributed by atoms with Gasteiger partial charge >= 0.3 is 5.97 Å². The molecule has 7 N–H and O–H groups in total. The zero-order chi connectivity index (χ0) is 23.6. The van der Waals surface area contributed by atoms with E-state index in [4.69, 9.17) is 15.9 Å². The first kappa shape index (κ1) is 27.8. The van der Waals surface area contributed by atoms with Gasteiger partial charge in [-0.3, -0.25) is 14.4 Å². The van der Waals surface area contributed by atoms with Crippen LogP contribution in [0.3, 0.4) is 0 Å². The smallest absolute Gasteiger partial charge is 0.328 e. The molecule has 0 saturated carbocycles. The number of carboxylic acid groups (broad SMARTS) is 1. The number of carboxylic acids is 1. The Hall–Kier alpha value is -2.20. The first-order valence-electron chi connectivity index (χ1n) is 10.4. The van der Waals surface area contributed by atoms with E-state index in [0.717, 1.165) is 0 Å². The molecular weight excluding hydrogens is 392 g/mol. The standard InChI is InChI=1S/C20H38N4O6/c1-7-11(5)15(18(27)22-13(9-25)20(29)30)24-19(28)16(12(6)8-2)23-17(26)14(21)10(3)4/h10-16,25H,7-9,21H2,1-6H3,(H,22,27)(H,23,26)(H,24,28)(H,29,30). The fraction of sp³-hybridized carbons (Fsp3) is 0.800. The van der Waals surface area contributed by atoms with Gasteiger partial charge in [-0.2, -0.15) is 0 Å². The van der Waals surface area contributed by atoms with Crippen LogP contribution < -0.4 is 21.7 Å². The highest BCUT2D eigenvalue weighted by Crippen LogP contribution is 2.13. The van der Waals surface area contributed by atoms with Crippen molar-refractivity contribution in [2.24, 2.45) is 23.5 Å². The number of rotatable bonds is 13. The summed E-state index contributed by atoms with van der Waals surface area (Å²) < 4.78 is 0. The normalized spacial score (nSPS) is 17.2. The maximum Gasteiger partial charge on any atom is 0.328 e. The van der Waals surface area contributed by atoms with Crippen LogP contribution in [0, 0.1) is 17.8 Å². The number of aliphatic hydroxyl groups is 1. The zero-order valence-electron chi connectivity index (χ0n) is 18.8. The fourth-order valence-electron chi connectivity index (χ4n) is 2.65. The molecule has 0 heterocycles. The van der Waals surface area contributed by atoms with Gasteiger partial charge in [0.05, 0.1) is 12.6 Å². The van der Waals surface area contributed by atoms with Gasteiger partial charge in [0.25, 0.3) is 0 Å². The van der Waals surface area contributed by atoms with E-state index in [-0.39, 0.29) is 17.8 Å². The van der Waals surface area contributed by atoms with E-state index in [1.165, 1.54) is 0 Å². The minimum atomic E-state index is -1.48. The van der Waals surface area contributed by atoms with Crippen LogP contribution in [0.5, 0.6) is 0 Å². The molecule has 10 nitrogen and oxygen atoms in total. The summed E-state index contributed by atoms with van der Waals surface area (Å²) in [5, 5.41) is 25.8. The second-order valence-electron chi connectivity index (χ2n) is 8.10. The van der Waals surface area contributed by atoms with E-state index >= 15 is 0 Å². The second-order valence-corrected chi connectivity index (χ2v) is 8.10. The number of amides is 3. The van der Waals surface area contributed by atoms with Crippen LogP contribution in [-0.4, -0.2) is 64.7 Å². The molecule has 0 rings (SSSR count). The summed E-state index contributed by atoms with van der Waals surface area (Å²) in [5.41, 5.74) is 5.88. The van der Waals surface area contributed by atoms with Crippen LogP contribution in [0.1, 0.15) is 54.4 Å². The lowest BCUT2D eigenvalue weighted by Gasteiger charge is -2.30. The Morgan fingerprint density at radius 2 is 1.20 bits per heavy atom. The van der Waals surface area contributed by atoms with E-state index in [1.807, 2.05) is 13.8 Å².